The number of benzene rings is 2. The fourth-order valence-electron chi connectivity index (χ4n) is 2.02. The normalized spacial score (nSPS) is 10.5. The number of nitrogens with one attached hydrogen (secondary N) is 1. The third-order valence-corrected chi connectivity index (χ3v) is 3.34. The molecule has 0 radical (unpaired) electrons. The second-order valence-electron chi connectivity index (χ2n) is 5.45. The quantitative estimate of drug-likeness (QED) is 0.515. The highest BCUT2D eigenvalue weighted by Gasteiger charge is 2.07. The van der Waals surface area contributed by atoms with E-state index in [4.69, 9.17) is 0 Å². The number of nitrogens with zero attached hydrogens (tertiary/aromatic N) is 2. The molecule has 128 valence electrons. The minimum atomic E-state index is -0.481. The van der Waals surface area contributed by atoms with Crippen LogP contribution >= 0.6 is 0 Å². The van der Waals surface area contributed by atoms with E-state index in [0.29, 0.717) is 16.8 Å². The number of hydrogen-bond acceptors (Lipinski definition) is 4. The lowest BCUT2D eigenvalue weighted by Gasteiger charge is -2.10. The Morgan fingerprint density at radius 3 is 2.16 bits per heavy atom. The fraction of sp³-hybridized carbons (Fsp3) is 0.111. The summed E-state index contributed by atoms with van der Waals surface area (Å²) in [5.74, 6) is -0.457. The summed E-state index contributed by atoms with van der Waals surface area (Å²) < 4.78 is 0. The van der Waals surface area contributed by atoms with Crippen LogP contribution in [0.4, 0.5) is 11.4 Å². The lowest BCUT2D eigenvalue weighted by atomic mass is 10.2. The zero-order chi connectivity index (χ0) is 18.4. The first kappa shape index (κ1) is 17.9. The maximum absolute atomic E-state index is 11.9. The van der Waals surface area contributed by atoms with Crippen molar-refractivity contribution in [3.63, 3.8) is 0 Å². The van der Waals surface area contributed by atoms with Gasteiger partial charge < -0.3 is 10.2 Å². The lowest BCUT2D eigenvalue weighted by Crippen LogP contribution is -2.21. The van der Waals surface area contributed by atoms with E-state index in [0.717, 1.165) is 0 Å². The molecule has 0 spiro atoms. The summed E-state index contributed by atoms with van der Waals surface area (Å²) in [6, 6.07) is 12.4. The number of nitro benzene ring substituents is 1. The van der Waals surface area contributed by atoms with Gasteiger partial charge in [0.2, 0.25) is 5.91 Å². The predicted molar refractivity (Wildman–Crippen MR) is 95.2 cm³/mol. The summed E-state index contributed by atoms with van der Waals surface area (Å²) in [6.07, 6.45) is 2.89. The van der Waals surface area contributed by atoms with Crippen molar-refractivity contribution in [2.24, 2.45) is 0 Å². The third kappa shape index (κ3) is 5.00. The largest absolute Gasteiger partial charge is 0.345 e. The number of amides is 2. The highest BCUT2D eigenvalue weighted by atomic mass is 16.6. The van der Waals surface area contributed by atoms with E-state index in [2.05, 4.69) is 5.32 Å². The van der Waals surface area contributed by atoms with E-state index in [-0.39, 0.29) is 17.5 Å². The Balaban J connectivity index is 1.97. The standard InChI is InChI=1S/C18H17N3O4/c1-20(2)18(23)14-6-8-15(9-7-14)19-17(22)12-5-13-3-10-16(11-4-13)21(24)25/h3-12H,1-2H3,(H,19,22)/b12-5+. The highest BCUT2D eigenvalue weighted by Crippen LogP contribution is 2.14. The van der Waals surface area contributed by atoms with Gasteiger partial charge >= 0.3 is 0 Å². The molecule has 7 heteroatoms. The Morgan fingerprint density at radius 1 is 1.04 bits per heavy atom. The molecule has 0 aliphatic carbocycles. The van der Waals surface area contributed by atoms with Crippen LogP contribution in [0.5, 0.6) is 0 Å². The molecule has 25 heavy (non-hydrogen) atoms. The second kappa shape index (κ2) is 7.87. The second-order valence-corrected chi connectivity index (χ2v) is 5.45. The average Bonchev–Trinajstić information content (AvgIpc) is 2.60. The van der Waals surface area contributed by atoms with Crippen molar-refractivity contribution in [2.45, 2.75) is 0 Å². The molecule has 0 heterocycles. The van der Waals surface area contributed by atoms with Crippen LogP contribution in [0.25, 0.3) is 6.08 Å². The SMILES string of the molecule is CN(C)C(=O)c1ccc(NC(=O)/C=C/c2ccc([N+](=O)[O-])cc2)cc1. The zero-order valence-electron chi connectivity index (χ0n) is 13.8. The first-order chi connectivity index (χ1) is 11.9. The van der Waals surface area contributed by atoms with Crippen molar-refractivity contribution >= 4 is 29.3 Å². The molecule has 0 bridgehead atoms. The Bertz CT molecular complexity index is 809. The third-order valence-electron chi connectivity index (χ3n) is 3.34. The first-order valence-corrected chi connectivity index (χ1v) is 7.42. The van der Waals surface area contributed by atoms with Crippen molar-refractivity contribution in [1.82, 2.24) is 4.90 Å². The summed E-state index contributed by atoms with van der Waals surface area (Å²) in [6.45, 7) is 0. The number of hydrogen-bond donors (Lipinski definition) is 1. The molecule has 1 N–H and O–H groups in total. The van der Waals surface area contributed by atoms with Crippen LogP contribution in [0, 0.1) is 10.1 Å². The molecular formula is C18H17N3O4. The van der Waals surface area contributed by atoms with Gasteiger partial charge in [-0.25, -0.2) is 0 Å². The molecule has 0 aliphatic heterocycles. The van der Waals surface area contributed by atoms with Gasteiger partial charge in [0.25, 0.3) is 11.6 Å². The van der Waals surface area contributed by atoms with E-state index in [1.807, 2.05) is 0 Å². The minimum absolute atomic E-state index is 0.00559. The van der Waals surface area contributed by atoms with Crippen molar-refractivity contribution in [3.05, 3.63) is 75.8 Å². The van der Waals surface area contributed by atoms with E-state index in [1.165, 1.54) is 23.1 Å². The van der Waals surface area contributed by atoms with Gasteiger partial charge in [0, 0.05) is 43.6 Å². The van der Waals surface area contributed by atoms with Crippen LogP contribution in [0.15, 0.2) is 54.6 Å². The maximum Gasteiger partial charge on any atom is 0.269 e. The van der Waals surface area contributed by atoms with Gasteiger partial charge in [-0.3, -0.25) is 19.7 Å². The lowest BCUT2D eigenvalue weighted by molar-refractivity contribution is -0.384. The van der Waals surface area contributed by atoms with Gasteiger partial charge in [0.05, 0.1) is 4.92 Å². The number of carbonyl (C=O) groups excluding carboxylic acids is 2. The van der Waals surface area contributed by atoms with Gasteiger partial charge in [0.15, 0.2) is 0 Å². The summed E-state index contributed by atoms with van der Waals surface area (Å²) in [4.78, 5) is 35.3. The van der Waals surface area contributed by atoms with Crippen LogP contribution in [-0.2, 0) is 4.79 Å². The number of nitro groups is 1. The Morgan fingerprint density at radius 2 is 1.64 bits per heavy atom. The number of non-ortho nitro benzene ring substituents is 1. The molecule has 0 unspecified atom stereocenters. The molecule has 2 amide bonds. The Labute approximate surface area is 144 Å². The van der Waals surface area contributed by atoms with E-state index >= 15 is 0 Å². The predicted octanol–water partition coefficient (Wildman–Crippen LogP) is 2.95. The molecule has 0 fully saturated rings. The van der Waals surface area contributed by atoms with Crippen molar-refractivity contribution in [1.29, 1.82) is 0 Å². The zero-order valence-corrected chi connectivity index (χ0v) is 13.8. The topological polar surface area (TPSA) is 92.6 Å². The molecule has 0 aliphatic rings. The maximum atomic E-state index is 11.9. The van der Waals surface area contributed by atoms with Crippen LogP contribution < -0.4 is 5.32 Å². The van der Waals surface area contributed by atoms with Crippen LogP contribution in [0.1, 0.15) is 15.9 Å². The molecule has 2 rings (SSSR count). The molecular weight excluding hydrogens is 322 g/mol. The summed E-state index contributed by atoms with van der Waals surface area (Å²) in [7, 11) is 3.34. The first-order valence-electron chi connectivity index (χ1n) is 7.42. The van der Waals surface area contributed by atoms with Gasteiger partial charge in [-0.15, -0.1) is 0 Å². The van der Waals surface area contributed by atoms with Crippen LogP contribution in [0.3, 0.4) is 0 Å². The minimum Gasteiger partial charge on any atom is -0.345 e. The summed E-state index contributed by atoms with van der Waals surface area (Å²) in [5.41, 5.74) is 1.76. The van der Waals surface area contributed by atoms with Crippen LogP contribution in [-0.4, -0.2) is 35.7 Å². The molecule has 0 saturated carbocycles. The fourth-order valence-corrected chi connectivity index (χ4v) is 2.02. The smallest absolute Gasteiger partial charge is 0.269 e. The van der Waals surface area contributed by atoms with E-state index in [9.17, 15) is 19.7 Å². The highest BCUT2D eigenvalue weighted by molar-refractivity contribution is 6.02. The molecule has 7 nitrogen and oxygen atoms in total. The Hall–Kier alpha value is -3.48. The molecule has 2 aromatic rings. The monoisotopic (exact) mass is 339 g/mol. The molecule has 2 aromatic carbocycles. The van der Waals surface area contributed by atoms with Crippen molar-refractivity contribution in [3.8, 4) is 0 Å². The summed E-state index contributed by atoms with van der Waals surface area (Å²) >= 11 is 0. The van der Waals surface area contributed by atoms with E-state index in [1.54, 1.807) is 56.6 Å². The van der Waals surface area contributed by atoms with E-state index < -0.39 is 4.92 Å². The van der Waals surface area contributed by atoms with Gasteiger partial charge in [-0.05, 0) is 48.0 Å². The van der Waals surface area contributed by atoms with Crippen molar-refractivity contribution < 1.29 is 14.5 Å². The molecule has 0 aromatic heterocycles. The number of carbonyl (C=O) groups is 2. The van der Waals surface area contributed by atoms with Crippen molar-refractivity contribution in [2.75, 3.05) is 19.4 Å². The van der Waals surface area contributed by atoms with Crippen LogP contribution in [0.2, 0.25) is 0 Å². The number of anilines is 1. The van der Waals surface area contributed by atoms with Gasteiger partial charge in [0.1, 0.15) is 0 Å². The number of rotatable bonds is 5. The average molecular weight is 339 g/mol. The molecule has 0 saturated heterocycles. The summed E-state index contributed by atoms with van der Waals surface area (Å²) in [5, 5.41) is 13.3. The molecule has 0 atom stereocenters. The Kier molecular flexibility index (Phi) is 5.62. The van der Waals surface area contributed by atoms with Gasteiger partial charge in [-0.2, -0.15) is 0 Å². The van der Waals surface area contributed by atoms with Gasteiger partial charge in [-0.1, -0.05) is 0 Å².